The fourth-order valence-corrected chi connectivity index (χ4v) is 2.63. The molecule has 1 rings (SSSR count). The molecular weight excluding hydrogens is 270 g/mol. The van der Waals surface area contributed by atoms with Gasteiger partial charge in [-0.15, -0.1) is 0 Å². The van der Waals surface area contributed by atoms with Crippen molar-refractivity contribution in [3.8, 4) is 0 Å². The molecule has 2 amide bonds. The van der Waals surface area contributed by atoms with Gasteiger partial charge in [-0.3, -0.25) is 4.79 Å². The van der Waals surface area contributed by atoms with E-state index in [9.17, 15) is 9.59 Å². The monoisotopic (exact) mass is 299 g/mol. The Balaban J connectivity index is 2.44. The molecule has 6 heteroatoms. The summed E-state index contributed by atoms with van der Waals surface area (Å²) in [7, 11) is 3.97. The van der Waals surface area contributed by atoms with E-state index >= 15 is 0 Å². The van der Waals surface area contributed by atoms with Crippen molar-refractivity contribution in [2.24, 2.45) is 11.8 Å². The van der Waals surface area contributed by atoms with Crippen molar-refractivity contribution < 1.29 is 14.7 Å². The second kappa shape index (κ2) is 8.22. The number of likely N-dealkylation sites (N-methyl/N-ethyl adjacent to an activating group) is 1. The van der Waals surface area contributed by atoms with Crippen LogP contribution in [0.25, 0.3) is 0 Å². The van der Waals surface area contributed by atoms with Gasteiger partial charge < -0.3 is 20.2 Å². The van der Waals surface area contributed by atoms with E-state index in [1.165, 1.54) is 0 Å². The Labute approximate surface area is 127 Å². The lowest BCUT2D eigenvalue weighted by atomic mass is 9.85. The lowest BCUT2D eigenvalue weighted by Crippen LogP contribution is -2.49. The van der Waals surface area contributed by atoms with Crippen LogP contribution in [0.2, 0.25) is 0 Å². The molecule has 0 aliphatic carbocycles. The zero-order chi connectivity index (χ0) is 16.0. The third kappa shape index (κ3) is 5.91. The van der Waals surface area contributed by atoms with Crippen LogP contribution in [0.1, 0.15) is 33.1 Å². The van der Waals surface area contributed by atoms with Crippen LogP contribution in [0.4, 0.5) is 4.79 Å². The molecule has 1 fully saturated rings. The number of nitrogens with zero attached hydrogens (tertiary/aromatic N) is 2. The number of likely N-dealkylation sites (tertiary alicyclic amines) is 1. The first-order valence-electron chi connectivity index (χ1n) is 7.72. The summed E-state index contributed by atoms with van der Waals surface area (Å²) in [6.45, 7) is 6.08. The molecule has 1 saturated heterocycles. The molecule has 1 aliphatic rings. The summed E-state index contributed by atoms with van der Waals surface area (Å²) in [6, 6.07) is 0.261. The van der Waals surface area contributed by atoms with Crippen LogP contribution >= 0.6 is 0 Å². The molecule has 6 nitrogen and oxygen atoms in total. The van der Waals surface area contributed by atoms with Crippen molar-refractivity contribution in [3.05, 3.63) is 0 Å². The van der Waals surface area contributed by atoms with E-state index in [2.05, 4.69) is 17.1 Å². The maximum atomic E-state index is 12.2. The molecule has 3 atom stereocenters. The summed E-state index contributed by atoms with van der Waals surface area (Å²) in [5.74, 6) is -0.366. The van der Waals surface area contributed by atoms with Crippen LogP contribution in [0, 0.1) is 11.8 Å². The third-order valence-corrected chi connectivity index (χ3v) is 4.48. The minimum absolute atomic E-state index is 0.0316. The molecule has 3 unspecified atom stereocenters. The molecular formula is C15H29N3O3. The van der Waals surface area contributed by atoms with Gasteiger partial charge in [-0.2, -0.15) is 0 Å². The number of carboxylic acid groups (broad SMARTS) is 1. The van der Waals surface area contributed by atoms with Crippen LogP contribution in [0.15, 0.2) is 0 Å². The van der Waals surface area contributed by atoms with Crippen LogP contribution in [-0.4, -0.2) is 66.7 Å². The molecule has 1 heterocycles. The van der Waals surface area contributed by atoms with Crippen molar-refractivity contribution in [1.29, 1.82) is 0 Å². The Hall–Kier alpha value is -1.30. The Morgan fingerprint density at radius 3 is 2.62 bits per heavy atom. The van der Waals surface area contributed by atoms with Gasteiger partial charge in [-0.1, -0.05) is 6.92 Å². The Morgan fingerprint density at radius 1 is 1.38 bits per heavy atom. The Bertz CT molecular complexity index is 360. The predicted molar refractivity (Wildman–Crippen MR) is 82.3 cm³/mol. The SMILES string of the molecule is CC(CC(=O)O)C1CCCN(C(=O)NCC(C)N(C)C)C1. The molecule has 0 bridgehead atoms. The number of carbonyl (C=O) groups excluding carboxylic acids is 1. The highest BCUT2D eigenvalue weighted by molar-refractivity contribution is 5.74. The van der Waals surface area contributed by atoms with Gasteiger partial charge in [0.15, 0.2) is 0 Å². The van der Waals surface area contributed by atoms with Crippen molar-refractivity contribution in [2.45, 2.75) is 39.2 Å². The number of carbonyl (C=O) groups is 2. The summed E-state index contributed by atoms with van der Waals surface area (Å²) >= 11 is 0. The molecule has 0 aromatic carbocycles. The average Bonchev–Trinajstić information content (AvgIpc) is 2.43. The predicted octanol–water partition coefficient (Wildman–Crippen LogP) is 1.47. The smallest absolute Gasteiger partial charge is 0.317 e. The normalized spacial score (nSPS) is 22.0. The summed E-state index contributed by atoms with van der Waals surface area (Å²) in [5, 5.41) is 11.9. The lowest BCUT2D eigenvalue weighted by molar-refractivity contribution is -0.138. The molecule has 2 N–H and O–H groups in total. The van der Waals surface area contributed by atoms with E-state index in [1.54, 1.807) is 0 Å². The van der Waals surface area contributed by atoms with Gasteiger partial charge in [0.05, 0.1) is 0 Å². The van der Waals surface area contributed by atoms with Gasteiger partial charge in [0, 0.05) is 32.1 Å². The zero-order valence-electron chi connectivity index (χ0n) is 13.6. The maximum Gasteiger partial charge on any atom is 0.317 e. The molecule has 0 radical (unpaired) electrons. The van der Waals surface area contributed by atoms with Crippen LogP contribution in [0.5, 0.6) is 0 Å². The molecule has 0 spiro atoms. The van der Waals surface area contributed by atoms with Crippen LogP contribution in [-0.2, 0) is 4.79 Å². The number of aliphatic carboxylic acids is 1. The first kappa shape index (κ1) is 17.8. The van der Waals surface area contributed by atoms with Crippen LogP contribution < -0.4 is 5.32 Å². The summed E-state index contributed by atoms with van der Waals surface area (Å²) in [6.07, 6.45) is 2.13. The Kier molecular flexibility index (Phi) is 6.95. The maximum absolute atomic E-state index is 12.2. The molecule has 0 saturated carbocycles. The summed E-state index contributed by atoms with van der Waals surface area (Å²) in [4.78, 5) is 26.9. The van der Waals surface area contributed by atoms with Gasteiger partial charge in [-0.05, 0) is 45.7 Å². The van der Waals surface area contributed by atoms with E-state index in [4.69, 9.17) is 5.11 Å². The van der Waals surface area contributed by atoms with Gasteiger partial charge in [0.2, 0.25) is 0 Å². The third-order valence-electron chi connectivity index (χ3n) is 4.48. The first-order valence-corrected chi connectivity index (χ1v) is 7.72. The number of piperidine rings is 1. The number of carboxylic acids is 1. The molecule has 0 aromatic heterocycles. The average molecular weight is 299 g/mol. The van der Waals surface area contributed by atoms with E-state index in [-0.39, 0.29) is 24.3 Å². The van der Waals surface area contributed by atoms with E-state index in [0.29, 0.717) is 19.1 Å². The van der Waals surface area contributed by atoms with Gasteiger partial charge in [0.25, 0.3) is 0 Å². The van der Waals surface area contributed by atoms with Crippen LogP contribution in [0.3, 0.4) is 0 Å². The largest absolute Gasteiger partial charge is 0.481 e. The minimum Gasteiger partial charge on any atom is -0.481 e. The minimum atomic E-state index is -0.760. The zero-order valence-corrected chi connectivity index (χ0v) is 13.6. The van der Waals surface area contributed by atoms with Gasteiger partial charge >= 0.3 is 12.0 Å². The van der Waals surface area contributed by atoms with Crippen molar-refractivity contribution in [1.82, 2.24) is 15.1 Å². The van der Waals surface area contributed by atoms with Crippen molar-refractivity contribution in [2.75, 3.05) is 33.7 Å². The highest BCUT2D eigenvalue weighted by Gasteiger charge is 2.28. The number of urea groups is 1. The summed E-state index contributed by atoms with van der Waals surface area (Å²) < 4.78 is 0. The van der Waals surface area contributed by atoms with Gasteiger partial charge in [0.1, 0.15) is 0 Å². The van der Waals surface area contributed by atoms with E-state index in [1.807, 2.05) is 25.9 Å². The fourth-order valence-electron chi connectivity index (χ4n) is 2.63. The molecule has 1 aliphatic heterocycles. The number of hydrogen-bond donors (Lipinski definition) is 2. The van der Waals surface area contributed by atoms with Crippen molar-refractivity contribution in [3.63, 3.8) is 0 Å². The molecule has 122 valence electrons. The second-order valence-corrected chi connectivity index (χ2v) is 6.42. The quantitative estimate of drug-likeness (QED) is 0.779. The highest BCUT2D eigenvalue weighted by atomic mass is 16.4. The summed E-state index contributed by atoms with van der Waals surface area (Å²) in [5.41, 5.74) is 0. The van der Waals surface area contributed by atoms with E-state index in [0.717, 1.165) is 19.4 Å². The van der Waals surface area contributed by atoms with Gasteiger partial charge in [-0.25, -0.2) is 4.79 Å². The molecule has 0 aromatic rings. The molecule has 21 heavy (non-hydrogen) atoms. The second-order valence-electron chi connectivity index (χ2n) is 6.42. The lowest BCUT2D eigenvalue weighted by Gasteiger charge is -2.35. The standard InChI is InChI=1S/C15H29N3O3/c1-11(8-14(19)20)13-6-5-7-18(10-13)15(21)16-9-12(2)17(3)4/h11-13H,5-10H2,1-4H3,(H,16,21)(H,19,20). The first-order chi connectivity index (χ1) is 9.81. The highest BCUT2D eigenvalue weighted by Crippen LogP contribution is 2.26. The van der Waals surface area contributed by atoms with E-state index < -0.39 is 5.97 Å². The number of hydrogen-bond acceptors (Lipinski definition) is 3. The fraction of sp³-hybridized carbons (Fsp3) is 0.867. The number of nitrogens with one attached hydrogen (secondary N) is 1. The topological polar surface area (TPSA) is 72.9 Å². The number of amides is 2. The number of rotatable bonds is 6. The van der Waals surface area contributed by atoms with Crippen molar-refractivity contribution >= 4 is 12.0 Å². The Morgan fingerprint density at radius 2 is 2.05 bits per heavy atom.